The average Bonchev–Trinajstić information content (AvgIpc) is 3.12. The van der Waals surface area contributed by atoms with E-state index in [0.717, 1.165) is 40.5 Å². The lowest BCUT2D eigenvalue weighted by molar-refractivity contribution is -0.0000489. The predicted molar refractivity (Wildman–Crippen MR) is 111 cm³/mol. The minimum atomic E-state index is 0.0986. The van der Waals surface area contributed by atoms with Gasteiger partial charge in [0.05, 0.1) is 11.5 Å². The molecule has 3 heterocycles. The Balaban J connectivity index is 1.39. The van der Waals surface area contributed by atoms with E-state index in [4.69, 9.17) is 4.74 Å². The van der Waals surface area contributed by atoms with Crippen molar-refractivity contribution in [3.63, 3.8) is 0 Å². The quantitative estimate of drug-likeness (QED) is 0.481. The summed E-state index contributed by atoms with van der Waals surface area (Å²) in [5, 5.41) is 13.3. The zero-order chi connectivity index (χ0) is 19.8. The number of carbonyl (C=O) groups is 1. The molecule has 0 aliphatic heterocycles. The molecule has 7 heteroatoms. The minimum Gasteiger partial charge on any atom is -0.381 e. The fraction of sp³-hybridized carbons (Fsp3) is 0.273. The molecule has 0 unspecified atom stereocenters. The summed E-state index contributed by atoms with van der Waals surface area (Å²) in [7, 11) is 1.73. The van der Waals surface area contributed by atoms with Gasteiger partial charge in [-0.2, -0.15) is 5.10 Å². The van der Waals surface area contributed by atoms with Crippen LogP contribution in [0.3, 0.4) is 0 Å². The summed E-state index contributed by atoms with van der Waals surface area (Å²) in [4.78, 5) is 21.4. The minimum absolute atomic E-state index is 0.0986. The summed E-state index contributed by atoms with van der Waals surface area (Å²) in [6, 6.07) is 11.7. The van der Waals surface area contributed by atoms with Gasteiger partial charge in [0.25, 0.3) is 0 Å². The molecule has 0 radical (unpaired) electrons. The third-order valence-electron chi connectivity index (χ3n) is 5.63. The van der Waals surface area contributed by atoms with Crippen LogP contribution in [0.2, 0.25) is 0 Å². The Labute approximate surface area is 167 Å². The second-order valence-corrected chi connectivity index (χ2v) is 7.52. The van der Waals surface area contributed by atoms with Crippen molar-refractivity contribution in [3.8, 4) is 0 Å². The number of hydrogen-bond acceptors (Lipinski definition) is 6. The Hall–Kier alpha value is -3.32. The van der Waals surface area contributed by atoms with Crippen molar-refractivity contribution in [2.24, 2.45) is 5.92 Å². The third-order valence-corrected chi connectivity index (χ3v) is 5.63. The molecule has 0 spiro atoms. The molecule has 1 aromatic carbocycles. The fourth-order valence-corrected chi connectivity index (χ4v) is 3.96. The van der Waals surface area contributed by atoms with Crippen LogP contribution in [0.1, 0.15) is 29.8 Å². The molecule has 3 aromatic heterocycles. The number of carbonyl (C=O) groups excluding carboxylic acids is 1. The highest BCUT2D eigenvalue weighted by molar-refractivity contribution is 6.07. The van der Waals surface area contributed by atoms with Crippen molar-refractivity contribution in [2.45, 2.75) is 25.4 Å². The van der Waals surface area contributed by atoms with Crippen LogP contribution in [-0.4, -0.2) is 39.2 Å². The summed E-state index contributed by atoms with van der Waals surface area (Å²) >= 11 is 0. The van der Waals surface area contributed by atoms with Gasteiger partial charge in [0.1, 0.15) is 11.5 Å². The molecule has 1 aliphatic carbocycles. The van der Waals surface area contributed by atoms with Crippen LogP contribution >= 0.6 is 0 Å². The zero-order valence-electron chi connectivity index (χ0n) is 16.1. The molecule has 4 aromatic rings. The molecular weight excluding hydrogens is 366 g/mol. The van der Waals surface area contributed by atoms with Crippen LogP contribution in [0, 0.1) is 5.92 Å². The Morgan fingerprint density at radius 1 is 1.17 bits per heavy atom. The first-order valence-corrected chi connectivity index (χ1v) is 9.72. The molecule has 1 aliphatic rings. The molecule has 0 amide bonds. The Morgan fingerprint density at radius 3 is 2.93 bits per heavy atom. The Morgan fingerprint density at radius 2 is 2.07 bits per heavy atom. The van der Waals surface area contributed by atoms with Crippen LogP contribution in [-0.2, 0) is 4.74 Å². The first-order valence-electron chi connectivity index (χ1n) is 9.72. The SMILES string of the molecule is COC1CC(CC(=O)c2nccc3cc(Nc4[nH]nc5ncccc45)ccc23)C1. The number of Topliss-reactive ketones (excluding diaryl/α,β-unsaturated/α-hetero) is 1. The lowest BCUT2D eigenvalue weighted by Gasteiger charge is -2.33. The van der Waals surface area contributed by atoms with Gasteiger partial charge in [-0.05, 0) is 54.5 Å². The van der Waals surface area contributed by atoms with E-state index in [-0.39, 0.29) is 5.78 Å². The fourth-order valence-electron chi connectivity index (χ4n) is 3.96. The maximum Gasteiger partial charge on any atom is 0.183 e. The number of rotatable bonds is 6. The van der Waals surface area contributed by atoms with Crippen molar-refractivity contribution >= 4 is 39.1 Å². The highest BCUT2D eigenvalue weighted by atomic mass is 16.5. The highest BCUT2D eigenvalue weighted by Crippen LogP contribution is 2.34. The number of aromatic amines is 1. The van der Waals surface area contributed by atoms with Crippen LogP contribution in [0.15, 0.2) is 48.8 Å². The zero-order valence-corrected chi connectivity index (χ0v) is 16.1. The number of ketones is 1. The van der Waals surface area contributed by atoms with Gasteiger partial charge in [-0.3, -0.25) is 14.9 Å². The molecule has 1 fully saturated rings. The molecule has 146 valence electrons. The largest absolute Gasteiger partial charge is 0.381 e. The average molecular weight is 387 g/mol. The monoisotopic (exact) mass is 387 g/mol. The van der Waals surface area contributed by atoms with E-state index in [2.05, 4.69) is 25.5 Å². The number of pyridine rings is 2. The molecule has 7 nitrogen and oxygen atoms in total. The van der Waals surface area contributed by atoms with Crippen LogP contribution in [0.5, 0.6) is 0 Å². The maximum absolute atomic E-state index is 12.8. The summed E-state index contributed by atoms with van der Waals surface area (Å²) < 4.78 is 5.31. The normalized spacial score (nSPS) is 18.7. The number of ether oxygens (including phenoxy) is 1. The molecule has 0 bridgehead atoms. The molecule has 1 saturated carbocycles. The van der Waals surface area contributed by atoms with Gasteiger partial charge < -0.3 is 10.1 Å². The van der Waals surface area contributed by atoms with Crippen molar-refractivity contribution in [3.05, 3.63) is 54.5 Å². The molecular formula is C22H21N5O2. The number of anilines is 2. The standard InChI is InChI=1S/C22H21N5O2/c1-29-16-9-13(10-16)11-19(28)20-17-5-4-15(12-14(17)6-8-23-20)25-22-18-3-2-7-24-21(18)26-27-22/h2-8,12-13,16H,9-11H2,1H3,(H2,24,25,26,27). The van der Waals surface area contributed by atoms with Gasteiger partial charge in [0.2, 0.25) is 0 Å². The second-order valence-electron chi connectivity index (χ2n) is 7.52. The summed E-state index contributed by atoms with van der Waals surface area (Å²) in [5.41, 5.74) is 2.11. The van der Waals surface area contributed by atoms with Gasteiger partial charge in [-0.1, -0.05) is 6.07 Å². The highest BCUT2D eigenvalue weighted by Gasteiger charge is 2.31. The van der Waals surface area contributed by atoms with Gasteiger partial charge in [0.15, 0.2) is 11.4 Å². The molecule has 5 rings (SSSR count). The summed E-state index contributed by atoms with van der Waals surface area (Å²) in [6.07, 6.45) is 6.15. The number of nitrogens with one attached hydrogen (secondary N) is 2. The number of nitrogens with zero attached hydrogens (tertiary/aromatic N) is 3. The second kappa shape index (κ2) is 7.25. The van der Waals surface area contributed by atoms with Crippen LogP contribution in [0.4, 0.5) is 11.5 Å². The topological polar surface area (TPSA) is 92.8 Å². The number of hydrogen-bond donors (Lipinski definition) is 2. The Bertz CT molecular complexity index is 1200. The van der Waals surface area contributed by atoms with Crippen molar-refractivity contribution in [1.29, 1.82) is 0 Å². The van der Waals surface area contributed by atoms with E-state index in [1.165, 1.54) is 0 Å². The van der Waals surface area contributed by atoms with Gasteiger partial charge >= 0.3 is 0 Å². The van der Waals surface area contributed by atoms with E-state index >= 15 is 0 Å². The van der Waals surface area contributed by atoms with Gasteiger partial charge in [-0.15, -0.1) is 0 Å². The number of fused-ring (bicyclic) bond motifs is 2. The van der Waals surface area contributed by atoms with E-state index in [1.54, 1.807) is 19.5 Å². The first-order chi connectivity index (χ1) is 14.2. The molecule has 29 heavy (non-hydrogen) atoms. The van der Waals surface area contributed by atoms with Crippen LogP contribution < -0.4 is 5.32 Å². The lowest BCUT2D eigenvalue weighted by atomic mass is 9.78. The molecule has 0 saturated heterocycles. The number of methoxy groups -OCH3 is 1. The van der Waals surface area contributed by atoms with E-state index < -0.39 is 0 Å². The number of H-pyrrole nitrogens is 1. The van der Waals surface area contributed by atoms with E-state index in [0.29, 0.717) is 29.8 Å². The molecule has 0 atom stereocenters. The number of benzene rings is 1. The molecule has 2 N–H and O–H groups in total. The van der Waals surface area contributed by atoms with Crippen molar-refractivity contribution < 1.29 is 9.53 Å². The van der Waals surface area contributed by atoms with Crippen molar-refractivity contribution in [1.82, 2.24) is 20.2 Å². The predicted octanol–water partition coefficient (Wildman–Crippen LogP) is 4.25. The van der Waals surface area contributed by atoms with Gasteiger partial charge in [-0.25, -0.2) is 4.98 Å². The van der Waals surface area contributed by atoms with Crippen molar-refractivity contribution in [2.75, 3.05) is 12.4 Å². The van der Waals surface area contributed by atoms with E-state index in [1.807, 2.05) is 36.4 Å². The van der Waals surface area contributed by atoms with Crippen LogP contribution in [0.25, 0.3) is 21.8 Å². The third kappa shape index (κ3) is 3.34. The summed E-state index contributed by atoms with van der Waals surface area (Å²) in [6.45, 7) is 0. The lowest BCUT2D eigenvalue weighted by Crippen LogP contribution is -2.31. The number of aromatic nitrogens is 4. The maximum atomic E-state index is 12.8. The Kier molecular flexibility index (Phi) is 4.44. The smallest absolute Gasteiger partial charge is 0.183 e. The first kappa shape index (κ1) is 17.8. The summed E-state index contributed by atoms with van der Waals surface area (Å²) in [5.74, 6) is 1.28. The van der Waals surface area contributed by atoms with E-state index in [9.17, 15) is 4.79 Å². The van der Waals surface area contributed by atoms with Gasteiger partial charge in [0, 0.05) is 37.0 Å².